The van der Waals surface area contributed by atoms with Gasteiger partial charge in [0.25, 0.3) is 0 Å². The van der Waals surface area contributed by atoms with E-state index in [9.17, 15) is 9.18 Å². The summed E-state index contributed by atoms with van der Waals surface area (Å²) in [6, 6.07) is 13.3. The number of carbonyl (C=O) groups is 1. The quantitative estimate of drug-likeness (QED) is 0.788. The molecule has 126 valence electrons. The number of nitrogens with zero attached hydrogens (tertiary/aromatic N) is 1. The van der Waals surface area contributed by atoms with Crippen molar-refractivity contribution < 1.29 is 9.18 Å². The van der Waals surface area contributed by atoms with Crippen LogP contribution in [0.25, 0.3) is 0 Å². The summed E-state index contributed by atoms with van der Waals surface area (Å²) in [4.78, 5) is 14.2. The highest BCUT2D eigenvalue weighted by Gasteiger charge is 2.32. The van der Waals surface area contributed by atoms with E-state index in [2.05, 4.69) is 31.2 Å². The molecule has 0 aliphatic carbocycles. The van der Waals surface area contributed by atoms with E-state index in [0.29, 0.717) is 12.3 Å². The molecule has 0 bridgehead atoms. The predicted molar refractivity (Wildman–Crippen MR) is 97.5 cm³/mol. The molecule has 3 rings (SSSR count). The number of amides is 1. The molecule has 1 heterocycles. The Morgan fingerprint density at radius 3 is 2.67 bits per heavy atom. The van der Waals surface area contributed by atoms with Gasteiger partial charge in [0.1, 0.15) is 11.2 Å². The third-order valence-electron chi connectivity index (χ3n) is 4.49. The first-order chi connectivity index (χ1) is 11.5. The Kier molecular flexibility index (Phi) is 5.24. The topological polar surface area (TPSA) is 20.3 Å². The van der Waals surface area contributed by atoms with Crippen LogP contribution in [0.1, 0.15) is 34.0 Å². The Bertz CT molecular complexity index is 729. The van der Waals surface area contributed by atoms with Gasteiger partial charge in [-0.25, -0.2) is 4.39 Å². The Morgan fingerprint density at radius 2 is 1.92 bits per heavy atom. The lowest BCUT2D eigenvalue weighted by Crippen LogP contribution is -2.29. The van der Waals surface area contributed by atoms with Crippen molar-refractivity contribution in [3.8, 4) is 0 Å². The number of halogens is 1. The van der Waals surface area contributed by atoms with Gasteiger partial charge in [-0.3, -0.25) is 4.79 Å². The highest BCUT2D eigenvalue weighted by molar-refractivity contribution is 8.00. The summed E-state index contributed by atoms with van der Waals surface area (Å²) in [5.41, 5.74) is 4.54. The fourth-order valence-electron chi connectivity index (χ4n) is 3.05. The molecule has 0 saturated carbocycles. The maximum atomic E-state index is 13.4. The van der Waals surface area contributed by atoms with E-state index in [0.717, 1.165) is 24.0 Å². The van der Waals surface area contributed by atoms with Gasteiger partial charge in [-0.2, -0.15) is 0 Å². The van der Waals surface area contributed by atoms with E-state index in [4.69, 9.17) is 0 Å². The number of hydrogen-bond donors (Lipinski definition) is 0. The van der Waals surface area contributed by atoms with Crippen LogP contribution in [-0.4, -0.2) is 23.1 Å². The predicted octanol–water partition coefficient (Wildman–Crippen LogP) is 4.65. The summed E-state index contributed by atoms with van der Waals surface area (Å²) in [6.07, 6.45) is 1.64. The van der Waals surface area contributed by atoms with Crippen LogP contribution in [0.15, 0.2) is 42.5 Å². The van der Waals surface area contributed by atoms with Crippen LogP contribution >= 0.6 is 11.8 Å². The first kappa shape index (κ1) is 17.0. The summed E-state index contributed by atoms with van der Waals surface area (Å²) in [5, 5.41) is 0.103. The number of benzene rings is 2. The zero-order chi connectivity index (χ0) is 17.1. The second-order valence-corrected chi connectivity index (χ2v) is 7.40. The van der Waals surface area contributed by atoms with Crippen molar-refractivity contribution in [3.63, 3.8) is 0 Å². The van der Waals surface area contributed by atoms with Crippen LogP contribution in [-0.2, 0) is 11.2 Å². The summed E-state index contributed by atoms with van der Waals surface area (Å²) < 4.78 is 13.4. The number of hydrogen-bond acceptors (Lipinski definition) is 2. The normalized spacial score (nSPS) is 17.5. The first-order valence-corrected chi connectivity index (χ1v) is 9.32. The van der Waals surface area contributed by atoms with E-state index < -0.39 is 0 Å². The lowest BCUT2D eigenvalue weighted by molar-refractivity contribution is -0.128. The molecule has 1 aliphatic rings. The lowest BCUT2D eigenvalue weighted by atomic mass is 10.0. The number of carbonyl (C=O) groups excluding carboxylic acids is 1. The van der Waals surface area contributed by atoms with Crippen LogP contribution in [0, 0.1) is 19.7 Å². The molecule has 1 aliphatic heterocycles. The monoisotopic (exact) mass is 343 g/mol. The Balaban J connectivity index is 1.65. The highest BCUT2D eigenvalue weighted by Crippen LogP contribution is 2.38. The van der Waals surface area contributed by atoms with Gasteiger partial charge in [0, 0.05) is 6.54 Å². The maximum Gasteiger partial charge on any atom is 0.233 e. The minimum Gasteiger partial charge on any atom is -0.326 e. The van der Waals surface area contributed by atoms with Gasteiger partial charge in [0.15, 0.2) is 0 Å². The third kappa shape index (κ3) is 3.81. The molecule has 2 nitrogen and oxygen atoms in total. The van der Waals surface area contributed by atoms with Crippen molar-refractivity contribution >= 4 is 17.7 Å². The molecular weight excluding hydrogens is 321 g/mol. The van der Waals surface area contributed by atoms with Crippen molar-refractivity contribution in [1.82, 2.24) is 4.90 Å². The van der Waals surface area contributed by atoms with E-state index in [1.807, 2.05) is 17.9 Å². The summed E-state index contributed by atoms with van der Waals surface area (Å²) in [6.45, 7) is 4.77. The zero-order valence-corrected chi connectivity index (χ0v) is 14.9. The van der Waals surface area contributed by atoms with E-state index in [1.165, 1.54) is 17.2 Å². The molecule has 4 heteroatoms. The molecule has 1 unspecified atom stereocenters. The molecule has 24 heavy (non-hydrogen) atoms. The molecule has 0 radical (unpaired) electrons. The molecule has 2 aromatic rings. The Hall–Kier alpha value is -1.81. The van der Waals surface area contributed by atoms with Gasteiger partial charge < -0.3 is 4.90 Å². The molecule has 2 aromatic carbocycles. The SMILES string of the molecule is Cc1ccc(C2SCC(=O)N2CCCc2cc(F)ccc2C)cc1. The molecule has 1 atom stereocenters. The Morgan fingerprint density at radius 1 is 1.17 bits per heavy atom. The number of thioether (sulfide) groups is 1. The molecular formula is C20H22FNOS. The second kappa shape index (κ2) is 7.39. The number of rotatable bonds is 5. The van der Waals surface area contributed by atoms with E-state index in [1.54, 1.807) is 17.8 Å². The fraction of sp³-hybridized carbons (Fsp3) is 0.350. The minimum atomic E-state index is -0.194. The van der Waals surface area contributed by atoms with Crippen molar-refractivity contribution in [2.75, 3.05) is 12.3 Å². The summed E-state index contributed by atoms with van der Waals surface area (Å²) in [7, 11) is 0. The van der Waals surface area contributed by atoms with Crippen molar-refractivity contribution in [2.45, 2.75) is 32.1 Å². The van der Waals surface area contributed by atoms with Crippen molar-refractivity contribution in [2.24, 2.45) is 0 Å². The standard InChI is InChI=1S/C20H22FNOS/c1-14-5-8-16(9-6-14)20-22(19(23)13-24-20)11-3-4-17-12-18(21)10-7-15(17)2/h5-10,12,20H,3-4,11,13H2,1-2H3. The second-order valence-electron chi connectivity index (χ2n) is 6.34. The van der Waals surface area contributed by atoms with Crippen molar-refractivity contribution in [3.05, 3.63) is 70.5 Å². The maximum absolute atomic E-state index is 13.4. The van der Waals surface area contributed by atoms with Gasteiger partial charge in [0.2, 0.25) is 5.91 Å². The van der Waals surface area contributed by atoms with Gasteiger partial charge in [-0.05, 0) is 55.5 Å². The Labute approximate surface area is 147 Å². The van der Waals surface area contributed by atoms with E-state index >= 15 is 0 Å². The van der Waals surface area contributed by atoms with Crippen LogP contribution in [0.5, 0.6) is 0 Å². The smallest absolute Gasteiger partial charge is 0.233 e. The largest absolute Gasteiger partial charge is 0.326 e. The van der Waals surface area contributed by atoms with Crippen LogP contribution < -0.4 is 0 Å². The average molecular weight is 343 g/mol. The molecule has 0 aromatic heterocycles. The first-order valence-electron chi connectivity index (χ1n) is 8.27. The number of aryl methyl sites for hydroxylation is 3. The van der Waals surface area contributed by atoms with Gasteiger partial charge in [0.05, 0.1) is 5.75 Å². The average Bonchev–Trinajstić information content (AvgIpc) is 2.93. The fourth-order valence-corrected chi connectivity index (χ4v) is 4.27. The van der Waals surface area contributed by atoms with Crippen LogP contribution in [0.3, 0.4) is 0 Å². The van der Waals surface area contributed by atoms with Crippen molar-refractivity contribution in [1.29, 1.82) is 0 Å². The molecule has 1 fully saturated rings. The third-order valence-corrected chi connectivity index (χ3v) is 5.74. The van der Waals surface area contributed by atoms with Crippen LogP contribution in [0.2, 0.25) is 0 Å². The van der Waals surface area contributed by atoms with E-state index in [-0.39, 0.29) is 17.1 Å². The van der Waals surface area contributed by atoms with Gasteiger partial charge in [-0.1, -0.05) is 35.9 Å². The minimum absolute atomic E-state index is 0.103. The van der Waals surface area contributed by atoms with Gasteiger partial charge >= 0.3 is 0 Å². The summed E-state index contributed by atoms with van der Waals surface area (Å²) in [5.74, 6) is 0.542. The molecule has 0 spiro atoms. The molecule has 1 amide bonds. The highest BCUT2D eigenvalue weighted by atomic mass is 32.2. The van der Waals surface area contributed by atoms with Crippen LogP contribution in [0.4, 0.5) is 4.39 Å². The summed E-state index contributed by atoms with van der Waals surface area (Å²) >= 11 is 1.69. The lowest BCUT2D eigenvalue weighted by Gasteiger charge is -2.24. The molecule has 0 N–H and O–H groups in total. The van der Waals surface area contributed by atoms with Gasteiger partial charge in [-0.15, -0.1) is 11.8 Å². The molecule has 1 saturated heterocycles. The zero-order valence-electron chi connectivity index (χ0n) is 14.1.